The van der Waals surface area contributed by atoms with E-state index >= 15 is 0 Å². The summed E-state index contributed by atoms with van der Waals surface area (Å²) in [5.74, 6) is -12.3. The molecule has 0 bridgehead atoms. The Morgan fingerprint density at radius 1 is 0.618 bits per heavy atom. The van der Waals surface area contributed by atoms with Gasteiger partial charge < -0.3 is 9.47 Å². The van der Waals surface area contributed by atoms with Crippen LogP contribution in [0.3, 0.4) is 0 Å². The van der Waals surface area contributed by atoms with Gasteiger partial charge in [-0.2, -0.15) is 0 Å². The largest absolute Gasteiger partial charge is 0.454 e. The van der Waals surface area contributed by atoms with Gasteiger partial charge in [0.05, 0.1) is 11.1 Å². The first-order valence-electron chi connectivity index (χ1n) is 9.92. The lowest BCUT2D eigenvalue weighted by Crippen LogP contribution is -2.41. The highest BCUT2D eigenvalue weighted by atomic mass is 19.2. The fourth-order valence-corrected chi connectivity index (χ4v) is 3.65. The van der Waals surface area contributed by atoms with Gasteiger partial charge in [-0.1, -0.05) is 24.3 Å². The molecule has 3 aromatic carbocycles. The van der Waals surface area contributed by atoms with Gasteiger partial charge in [-0.3, -0.25) is 0 Å². The maximum Gasteiger partial charge on any atom is 0.338 e. The molecule has 0 fully saturated rings. The number of hydrogen-bond donors (Lipinski definition) is 0. The number of benzene rings is 3. The molecule has 0 N–H and O–H groups in total. The molecule has 10 heteroatoms. The number of hydrogen-bond acceptors (Lipinski definition) is 4. The van der Waals surface area contributed by atoms with Gasteiger partial charge in [-0.05, 0) is 35.4 Å². The fraction of sp³-hybridized carbons (Fsp3) is 0.167. The highest BCUT2D eigenvalue weighted by molar-refractivity contribution is 5.90. The van der Waals surface area contributed by atoms with Gasteiger partial charge in [0.15, 0.2) is 34.9 Å². The minimum absolute atomic E-state index is 0.0398. The van der Waals surface area contributed by atoms with Crippen molar-refractivity contribution in [3.05, 3.63) is 106 Å². The third kappa shape index (κ3) is 4.61. The first kappa shape index (κ1) is 23.3. The van der Waals surface area contributed by atoms with Crippen LogP contribution in [0.4, 0.5) is 26.3 Å². The molecule has 0 aromatic heterocycles. The van der Waals surface area contributed by atoms with E-state index in [4.69, 9.17) is 9.47 Å². The quantitative estimate of drug-likeness (QED) is 0.297. The molecule has 176 valence electrons. The molecule has 3 aromatic rings. The Morgan fingerprint density at radius 2 is 0.941 bits per heavy atom. The van der Waals surface area contributed by atoms with E-state index in [0.29, 0.717) is 24.3 Å². The molecule has 0 radical (unpaired) electrons. The van der Waals surface area contributed by atoms with Crippen molar-refractivity contribution in [2.45, 2.75) is 25.0 Å². The highest BCUT2D eigenvalue weighted by Gasteiger charge is 2.35. The van der Waals surface area contributed by atoms with Crippen LogP contribution in [-0.2, 0) is 22.3 Å². The standard InChI is InChI=1S/C24H14F6O4/c25-15-5-13(6-16(26)21(15)29)23(31)33-19-9-11-3-1-2-4-12(11)10-20(19)34-24(32)14-7-17(27)22(30)18(28)8-14/h1-8,19-20H,9-10H2/t19-,20+. The molecule has 0 unspecified atom stereocenters. The van der Waals surface area contributed by atoms with Crippen LogP contribution in [-0.4, -0.2) is 24.1 Å². The Balaban J connectivity index is 1.60. The van der Waals surface area contributed by atoms with Crippen molar-refractivity contribution in [1.82, 2.24) is 0 Å². The van der Waals surface area contributed by atoms with E-state index in [1.165, 1.54) is 0 Å². The first-order valence-corrected chi connectivity index (χ1v) is 9.92. The molecule has 1 aliphatic carbocycles. The molecule has 0 spiro atoms. The SMILES string of the molecule is O=C(O[C@H]1Cc2ccccc2C[C@H]1OC(=O)c1cc(F)c(F)c(F)c1)c1cc(F)c(F)c(F)c1. The Kier molecular flexibility index (Phi) is 6.32. The van der Waals surface area contributed by atoms with Crippen molar-refractivity contribution in [2.24, 2.45) is 0 Å². The zero-order valence-electron chi connectivity index (χ0n) is 17.1. The lowest BCUT2D eigenvalue weighted by molar-refractivity contribution is -0.0390. The summed E-state index contributed by atoms with van der Waals surface area (Å²) in [7, 11) is 0. The second kappa shape index (κ2) is 9.20. The Bertz CT molecular complexity index is 1150. The van der Waals surface area contributed by atoms with E-state index in [1.54, 1.807) is 24.3 Å². The van der Waals surface area contributed by atoms with Crippen molar-refractivity contribution in [3.8, 4) is 0 Å². The minimum atomic E-state index is -1.76. The molecule has 0 amide bonds. The molecule has 0 saturated carbocycles. The maximum atomic E-state index is 13.5. The maximum absolute atomic E-state index is 13.5. The van der Waals surface area contributed by atoms with E-state index in [1.807, 2.05) is 0 Å². The molecule has 0 aliphatic heterocycles. The average Bonchev–Trinajstić information content (AvgIpc) is 2.80. The highest BCUT2D eigenvalue weighted by Crippen LogP contribution is 2.28. The summed E-state index contributed by atoms with van der Waals surface area (Å²) in [6.07, 6.45) is -2.23. The fourth-order valence-electron chi connectivity index (χ4n) is 3.65. The first-order chi connectivity index (χ1) is 16.1. The second-order valence-corrected chi connectivity index (χ2v) is 7.57. The van der Waals surface area contributed by atoms with E-state index in [9.17, 15) is 35.9 Å². The van der Waals surface area contributed by atoms with Crippen LogP contribution in [0.2, 0.25) is 0 Å². The molecule has 1 aliphatic rings. The molecule has 34 heavy (non-hydrogen) atoms. The van der Waals surface area contributed by atoms with Crippen molar-refractivity contribution in [1.29, 1.82) is 0 Å². The third-order valence-corrected chi connectivity index (χ3v) is 5.33. The van der Waals surface area contributed by atoms with Crippen LogP contribution in [0.25, 0.3) is 0 Å². The van der Waals surface area contributed by atoms with Gasteiger partial charge in [-0.25, -0.2) is 35.9 Å². The van der Waals surface area contributed by atoms with Crippen LogP contribution >= 0.6 is 0 Å². The summed E-state index contributed by atoms with van der Waals surface area (Å²) in [5, 5.41) is 0. The topological polar surface area (TPSA) is 52.6 Å². The second-order valence-electron chi connectivity index (χ2n) is 7.57. The van der Waals surface area contributed by atoms with Crippen molar-refractivity contribution >= 4 is 11.9 Å². The lowest BCUT2D eigenvalue weighted by Gasteiger charge is -2.32. The van der Waals surface area contributed by atoms with Crippen LogP contribution in [0, 0.1) is 34.9 Å². The zero-order valence-corrected chi connectivity index (χ0v) is 17.1. The summed E-state index contributed by atoms with van der Waals surface area (Å²) < 4.78 is 91.2. The summed E-state index contributed by atoms with van der Waals surface area (Å²) in [6.45, 7) is 0. The normalized spacial score (nSPS) is 17.1. The Morgan fingerprint density at radius 3 is 1.26 bits per heavy atom. The Hall–Kier alpha value is -3.82. The number of ether oxygens (including phenoxy) is 2. The van der Waals surface area contributed by atoms with Crippen LogP contribution in [0.15, 0.2) is 48.5 Å². The number of fused-ring (bicyclic) bond motifs is 1. The monoisotopic (exact) mass is 480 g/mol. The molecular weight excluding hydrogens is 466 g/mol. The summed E-state index contributed by atoms with van der Waals surface area (Å²) in [5.41, 5.74) is 0.261. The molecule has 4 rings (SSSR count). The van der Waals surface area contributed by atoms with E-state index in [2.05, 4.69) is 0 Å². The number of esters is 2. The van der Waals surface area contributed by atoms with E-state index < -0.39 is 70.2 Å². The van der Waals surface area contributed by atoms with Crippen LogP contribution < -0.4 is 0 Å². The number of carbonyl (C=O) groups excluding carboxylic acids is 2. The van der Waals surface area contributed by atoms with Gasteiger partial charge in [0.1, 0.15) is 12.2 Å². The predicted octanol–water partition coefficient (Wildman–Crippen LogP) is 5.07. The Labute approximate surface area is 188 Å². The molecule has 0 saturated heterocycles. The summed E-state index contributed by atoms with van der Waals surface area (Å²) in [6, 6.07) is 8.75. The van der Waals surface area contributed by atoms with Gasteiger partial charge in [0.2, 0.25) is 0 Å². The molecule has 2 atom stereocenters. The van der Waals surface area contributed by atoms with Gasteiger partial charge >= 0.3 is 11.9 Å². The van der Waals surface area contributed by atoms with Crippen molar-refractivity contribution in [2.75, 3.05) is 0 Å². The summed E-state index contributed by atoms with van der Waals surface area (Å²) in [4.78, 5) is 25.0. The number of halogens is 6. The van der Waals surface area contributed by atoms with Gasteiger partial charge in [-0.15, -0.1) is 0 Å². The van der Waals surface area contributed by atoms with Gasteiger partial charge in [0, 0.05) is 12.8 Å². The lowest BCUT2D eigenvalue weighted by atomic mass is 9.87. The van der Waals surface area contributed by atoms with E-state index in [-0.39, 0.29) is 12.8 Å². The van der Waals surface area contributed by atoms with Crippen molar-refractivity contribution in [3.63, 3.8) is 0 Å². The average molecular weight is 480 g/mol. The minimum Gasteiger partial charge on any atom is -0.454 e. The summed E-state index contributed by atoms with van der Waals surface area (Å²) >= 11 is 0. The third-order valence-electron chi connectivity index (χ3n) is 5.33. The smallest absolute Gasteiger partial charge is 0.338 e. The predicted molar refractivity (Wildman–Crippen MR) is 105 cm³/mol. The van der Waals surface area contributed by atoms with Crippen molar-refractivity contribution < 1.29 is 45.4 Å². The van der Waals surface area contributed by atoms with Crippen LogP contribution in [0.1, 0.15) is 31.8 Å². The number of rotatable bonds is 4. The molecule has 0 heterocycles. The molecular formula is C24H14F6O4. The molecule has 4 nitrogen and oxygen atoms in total. The van der Waals surface area contributed by atoms with Crippen LogP contribution in [0.5, 0.6) is 0 Å². The van der Waals surface area contributed by atoms with Gasteiger partial charge in [0.25, 0.3) is 0 Å². The van der Waals surface area contributed by atoms with E-state index in [0.717, 1.165) is 11.1 Å². The number of carbonyl (C=O) groups is 2. The zero-order chi connectivity index (χ0) is 24.6.